The molecular formula is C8H13BrO3. The summed E-state index contributed by atoms with van der Waals surface area (Å²) in [6.45, 7) is 4.26. The number of carboxylic acids is 1. The predicted molar refractivity (Wildman–Crippen MR) is 50.4 cm³/mol. The summed E-state index contributed by atoms with van der Waals surface area (Å²) in [6.07, 6.45) is 1.89. The molecule has 0 bridgehead atoms. The van der Waals surface area contributed by atoms with Gasteiger partial charge in [-0.3, -0.25) is 0 Å². The maximum Gasteiger partial charge on any atom is 0.331 e. The van der Waals surface area contributed by atoms with E-state index in [0.29, 0.717) is 12.4 Å². The van der Waals surface area contributed by atoms with E-state index < -0.39 is 5.97 Å². The molecule has 0 saturated carbocycles. The summed E-state index contributed by atoms with van der Waals surface area (Å²) in [4.78, 5) is 10.3. The van der Waals surface area contributed by atoms with Crippen LogP contribution in [0.25, 0.3) is 0 Å². The van der Waals surface area contributed by atoms with Gasteiger partial charge >= 0.3 is 5.97 Å². The quantitative estimate of drug-likeness (QED) is 0.452. The predicted octanol–water partition coefficient (Wildman–Crippen LogP) is 2.16. The van der Waals surface area contributed by atoms with Crippen molar-refractivity contribution in [3.63, 3.8) is 0 Å². The van der Waals surface area contributed by atoms with Gasteiger partial charge in [0.25, 0.3) is 0 Å². The van der Waals surface area contributed by atoms with Gasteiger partial charge < -0.3 is 9.84 Å². The van der Waals surface area contributed by atoms with E-state index in [1.54, 1.807) is 0 Å². The molecular weight excluding hydrogens is 224 g/mol. The number of rotatable bonds is 5. The molecule has 0 fully saturated rings. The average molecular weight is 237 g/mol. The Morgan fingerprint density at radius 3 is 2.58 bits per heavy atom. The van der Waals surface area contributed by atoms with E-state index in [-0.39, 0.29) is 4.83 Å². The third-order valence-corrected chi connectivity index (χ3v) is 2.34. The second kappa shape index (κ2) is 6.06. The van der Waals surface area contributed by atoms with Gasteiger partial charge in [0.05, 0.1) is 17.5 Å². The van der Waals surface area contributed by atoms with Crippen LogP contribution in [0.5, 0.6) is 0 Å². The van der Waals surface area contributed by atoms with Crippen LogP contribution in [0.2, 0.25) is 0 Å². The minimum atomic E-state index is -0.976. The Balaban J connectivity index is 4.31. The number of alkyl halides is 1. The number of hydrogen-bond donors (Lipinski definition) is 1. The molecule has 0 amide bonds. The molecule has 0 aromatic rings. The normalized spacial score (nSPS) is 14.1. The first-order valence-electron chi connectivity index (χ1n) is 3.83. The van der Waals surface area contributed by atoms with E-state index in [1.807, 2.05) is 13.8 Å². The second-order valence-electron chi connectivity index (χ2n) is 2.19. The number of allylic oxidation sites excluding steroid dienone is 1. The van der Waals surface area contributed by atoms with Crippen molar-refractivity contribution >= 4 is 21.9 Å². The summed E-state index contributed by atoms with van der Waals surface area (Å²) in [5.41, 5.74) is 0. The molecule has 12 heavy (non-hydrogen) atoms. The Bertz CT molecular complexity index is 177. The number of aliphatic carboxylic acids is 1. The first-order valence-corrected chi connectivity index (χ1v) is 4.74. The van der Waals surface area contributed by atoms with Crippen LogP contribution < -0.4 is 0 Å². The fourth-order valence-electron chi connectivity index (χ4n) is 0.712. The highest BCUT2D eigenvalue weighted by Gasteiger charge is 2.10. The Labute approximate surface area is 80.5 Å². The molecule has 0 saturated heterocycles. The first kappa shape index (κ1) is 11.5. The van der Waals surface area contributed by atoms with Crippen LogP contribution in [-0.2, 0) is 9.53 Å². The SMILES string of the molecule is CCOC(=CC(=O)O)C(Br)CC. The Morgan fingerprint density at radius 2 is 2.25 bits per heavy atom. The van der Waals surface area contributed by atoms with Crippen molar-refractivity contribution in [1.29, 1.82) is 0 Å². The van der Waals surface area contributed by atoms with Crippen molar-refractivity contribution in [2.24, 2.45) is 0 Å². The molecule has 1 atom stereocenters. The highest BCUT2D eigenvalue weighted by Crippen LogP contribution is 2.16. The number of hydrogen-bond acceptors (Lipinski definition) is 2. The zero-order chi connectivity index (χ0) is 9.56. The van der Waals surface area contributed by atoms with Crippen molar-refractivity contribution < 1.29 is 14.6 Å². The molecule has 1 unspecified atom stereocenters. The lowest BCUT2D eigenvalue weighted by Gasteiger charge is -2.11. The maximum atomic E-state index is 10.3. The van der Waals surface area contributed by atoms with Gasteiger partial charge in [0, 0.05) is 0 Å². The minimum absolute atomic E-state index is 0.00597. The van der Waals surface area contributed by atoms with Crippen LogP contribution in [0.3, 0.4) is 0 Å². The summed E-state index contributed by atoms with van der Waals surface area (Å²) < 4.78 is 5.14. The van der Waals surface area contributed by atoms with Crippen LogP contribution >= 0.6 is 15.9 Å². The van der Waals surface area contributed by atoms with E-state index >= 15 is 0 Å². The summed E-state index contributed by atoms with van der Waals surface area (Å²) in [6, 6.07) is 0. The van der Waals surface area contributed by atoms with Crippen molar-refractivity contribution in [3.05, 3.63) is 11.8 Å². The van der Waals surface area contributed by atoms with Crippen molar-refractivity contribution in [2.75, 3.05) is 6.61 Å². The molecule has 3 nitrogen and oxygen atoms in total. The summed E-state index contributed by atoms with van der Waals surface area (Å²) >= 11 is 3.32. The molecule has 1 N–H and O–H groups in total. The van der Waals surface area contributed by atoms with Gasteiger partial charge in [0.1, 0.15) is 5.76 Å². The van der Waals surface area contributed by atoms with Crippen molar-refractivity contribution in [2.45, 2.75) is 25.1 Å². The molecule has 0 spiro atoms. The Hall–Kier alpha value is -0.510. The van der Waals surface area contributed by atoms with E-state index in [2.05, 4.69) is 15.9 Å². The van der Waals surface area contributed by atoms with Crippen LogP contribution in [0.4, 0.5) is 0 Å². The largest absolute Gasteiger partial charge is 0.497 e. The smallest absolute Gasteiger partial charge is 0.331 e. The molecule has 0 aromatic carbocycles. The number of carboxylic acid groups (broad SMARTS) is 1. The van der Waals surface area contributed by atoms with E-state index in [4.69, 9.17) is 9.84 Å². The lowest BCUT2D eigenvalue weighted by Crippen LogP contribution is -2.07. The average Bonchev–Trinajstić information content (AvgIpc) is 2.01. The Kier molecular flexibility index (Phi) is 5.80. The molecule has 4 heteroatoms. The summed E-state index contributed by atoms with van der Waals surface area (Å²) in [7, 11) is 0. The second-order valence-corrected chi connectivity index (χ2v) is 3.30. The van der Waals surface area contributed by atoms with Gasteiger partial charge in [-0.15, -0.1) is 0 Å². The van der Waals surface area contributed by atoms with Crippen LogP contribution in [0, 0.1) is 0 Å². The molecule has 0 aliphatic rings. The third kappa shape index (κ3) is 4.38. The van der Waals surface area contributed by atoms with E-state index in [9.17, 15) is 4.79 Å². The molecule has 0 heterocycles. The molecule has 0 aromatic heterocycles. The molecule has 0 aliphatic carbocycles. The maximum absolute atomic E-state index is 10.3. The monoisotopic (exact) mass is 236 g/mol. The van der Waals surface area contributed by atoms with Gasteiger partial charge in [-0.25, -0.2) is 4.79 Å². The zero-order valence-electron chi connectivity index (χ0n) is 7.21. The topological polar surface area (TPSA) is 46.5 Å². The fourth-order valence-corrected chi connectivity index (χ4v) is 0.976. The standard InChI is InChI=1S/C8H13BrO3/c1-3-6(9)7(12-4-2)5-8(10)11/h5-6H,3-4H2,1-2H3,(H,10,11). The van der Waals surface area contributed by atoms with Crippen molar-refractivity contribution in [3.8, 4) is 0 Å². The lowest BCUT2D eigenvalue weighted by molar-refractivity contribution is -0.131. The van der Waals surface area contributed by atoms with Gasteiger partial charge in [-0.05, 0) is 13.3 Å². The molecule has 70 valence electrons. The van der Waals surface area contributed by atoms with Crippen LogP contribution in [-0.4, -0.2) is 22.5 Å². The van der Waals surface area contributed by atoms with Gasteiger partial charge in [0.15, 0.2) is 0 Å². The lowest BCUT2D eigenvalue weighted by atomic mass is 10.3. The highest BCUT2D eigenvalue weighted by atomic mass is 79.9. The number of ether oxygens (including phenoxy) is 1. The first-order chi connectivity index (χ1) is 5.61. The van der Waals surface area contributed by atoms with E-state index in [1.165, 1.54) is 0 Å². The van der Waals surface area contributed by atoms with Crippen LogP contribution in [0.15, 0.2) is 11.8 Å². The van der Waals surface area contributed by atoms with Gasteiger partial charge in [-0.2, -0.15) is 0 Å². The third-order valence-electron chi connectivity index (χ3n) is 1.24. The van der Waals surface area contributed by atoms with Crippen molar-refractivity contribution in [1.82, 2.24) is 0 Å². The fraction of sp³-hybridized carbons (Fsp3) is 0.625. The van der Waals surface area contributed by atoms with Gasteiger partial charge in [0.2, 0.25) is 0 Å². The molecule has 0 radical (unpaired) electrons. The zero-order valence-corrected chi connectivity index (χ0v) is 8.80. The number of halogens is 1. The highest BCUT2D eigenvalue weighted by molar-refractivity contribution is 9.09. The summed E-state index contributed by atoms with van der Waals surface area (Å²) in [5.74, 6) is -0.496. The van der Waals surface area contributed by atoms with Crippen LogP contribution in [0.1, 0.15) is 20.3 Å². The minimum Gasteiger partial charge on any atom is -0.497 e. The molecule has 0 rings (SSSR count). The molecule has 0 aliphatic heterocycles. The van der Waals surface area contributed by atoms with E-state index in [0.717, 1.165) is 12.5 Å². The summed E-state index contributed by atoms with van der Waals surface area (Å²) in [5, 5.41) is 8.48. The number of carbonyl (C=O) groups is 1. The van der Waals surface area contributed by atoms with Gasteiger partial charge in [-0.1, -0.05) is 22.9 Å². The Morgan fingerprint density at radius 1 is 1.67 bits per heavy atom.